The Morgan fingerprint density at radius 1 is 1.00 bits per heavy atom. The van der Waals surface area contributed by atoms with Gasteiger partial charge < -0.3 is 14.8 Å². The maximum atomic E-state index is 12.4. The summed E-state index contributed by atoms with van der Waals surface area (Å²) in [6.07, 6.45) is 0. The third-order valence-electron chi connectivity index (χ3n) is 3.38. The van der Waals surface area contributed by atoms with E-state index >= 15 is 0 Å². The van der Waals surface area contributed by atoms with Gasteiger partial charge in [0.25, 0.3) is 5.91 Å². The number of ether oxygens (including phenoxy) is 2. The first kappa shape index (κ1) is 14.8. The highest BCUT2D eigenvalue weighted by Gasteiger charge is 2.13. The number of aromatic nitrogens is 2. The summed E-state index contributed by atoms with van der Waals surface area (Å²) in [6, 6.07) is 14.3. The van der Waals surface area contributed by atoms with Crippen LogP contribution in [0.5, 0.6) is 11.5 Å². The van der Waals surface area contributed by atoms with E-state index in [4.69, 9.17) is 9.47 Å². The molecule has 1 amide bonds. The van der Waals surface area contributed by atoms with Crippen LogP contribution >= 0.6 is 0 Å². The number of carbonyl (C=O) groups excluding carboxylic acids is 1. The van der Waals surface area contributed by atoms with Gasteiger partial charge in [0.15, 0.2) is 5.69 Å². The predicted molar refractivity (Wildman–Crippen MR) is 87.0 cm³/mol. The standard InChI is InChI=1S/C17H15N3O3/c1-22-12-7-8-16(23-2)14(10-12)18-17(21)15-9-11-5-3-4-6-13(11)19-20-15/h3-10H,1-2H3,(H,18,21). The molecule has 6 heteroatoms. The molecular weight excluding hydrogens is 294 g/mol. The van der Waals surface area contributed by atoms with Gasteiger partial charge in [-0.2, -0.15) is 0 Å². The largest absolute Gasteiger partial charge is 0.497 e. The summed E-state index contributed by atoms with van der Waals surface area (Å²) >= 11 is 0. The maximum Gasteiger partial charge on any atom is 0.276 e. The molecular formula is C17H15N3O3. The lowest BCUT2D eigenvalue weighted by atomic mass is 10.2. The molecule has 2 aromatic carbocycles. The van der Waals surface area contributed by atoms with Crippen LogP contribution in [0.2, 0.25) is 0 Å². The zero-order valence-corrected chi connectivity index (χ0v) is 12.7. The molecule has 0 saturated heterocycles. The van der Waals surface area contributed by atoms with Crippen molar-refractivity contribution in [2.75, 3.05) is 19.5 Å². The lowest BCUT2D eigenvalue weighted by molar-refractivity contribution is 0.102. The number of anilines is 1. The minimum atomic E-state index is -0.366. The fraction of sp³-hybridized carbons (Fsp3) is 0.118. The zero-order chi connectivity index (χ0) is 16.2. The number of hydrogen-bond donors (Lipinski definition) is 1. The monoisotopic (exact) mass is 309 g/mol. The average molecular weight is 309 g/mol. The van der Waals surface area contributed by atoms with E-state index in [0.717, 1.165) is 10.9 Å². The Morgan fingerprint density at radius 3 is 2.61 bits per heavy atom. The number of hydrogen-bond acceptors (Lipinski definition) is 5. The molecule has 1 aromatic heterocycles. The van der Waals surface area contributed by atoms with Crippen LogP contribution in [0.25, 0.3) is 10.9 Å². The van der Waals surface area contributed by atoms with Gasteiger partial charge >= 0.3 is 0 Å². The Balaban J connectivity index is 1.91. The van der Waals surface area contributed by atoms with Crippen molar-refractivity contribution in [2.24, 2.45) is 0 Å². The smallest absolute Gasteiger partial charge is 0.276 e. The fourth-order valence-corrected chi connectivity index (χ4v) is 2.19. The number of nitrogens with zero attached hydrogens (tertiary/aromatic N) is 2. The molecule has 0 aliphatic carbocycles. The van der Waals surface area contributed by atoms with Crippen LogP contribution < -0.4 is 14.8 Å². The van der Waals surface area contributed by atoms with Crippen LogP contribution in [0.15, 0.2) is 48.5 Å². The number of benzene rings is 2. The second-order valence-electron chi connectivity index (χ2n) is 4.81. The molecule has 23 heavy (non-hydrogen) atoms. The summed E-state index contributed by atoms with van der Waals surface area (Å²) < 4.78 is 10.4. The Labute approximate surface area is 133 Å². The highest BCUT2D eigenvalue weighted by molar-refractivity contribution is 6.05. The van der Waals surface area contributed by atoms with E-state index in [0.29, 0.717) is 17.2 Å². The Bertz CT molecular complexity index is 865. The van der Waals surface area contributed by atoms with Gasteiger partial charge in [-0.05, 0) is 24.3 Å². The molecule has 0 spiro atoms. The predicted octanol–water partition coefficient (Wildman–Crippen LogP) is 2.90. The van der Waals surface area contributed by atoms with Crippen molar-refractivity contribution in [3.05, 3.63) is 54.2 Å². The van der Waals surface area contributed by atoms with E-state index in [1.54, 1.807) is 31.4 Å². The van der Waals surface area contributed by atoms with Crippen molar-refractivity contribution in [3.8, 4) is 11.5 Å². The van der Waals surface area contributed by atoms with Gasteiger partial charge in [-0.1, -0.05) is 18.2 Å². The van der Waals surface area contributed by atoms with Gasteiger partial charge in [0.05, 0.1) is 25.4 Å². The van der Waals surface area contributed by atoms with E-state index in [1.807, 2.05) is 24.3 Å². The number of methoxy groups -OCH3 is 2. The van der Waals surface area contributed by atoms with Crippen LogP contribution in [0, 0.1) is 0 Å². The second-order valence-corrected chi connectivity index (χ2v) is 4.81. The highest BCUT2D eigenvalue weighted by Crippen LogP contribution is 2.29. The van der Waals surface area contributed by atoms with E-state index < -0.39 is 0 Å². The van der Waals surface area contributed by atoms with E-state index in [2.05, 4.69) is 15.5 Å². The van der Waals surface area contributed by atoms with Gasteiger partial charge in [-0.3, -0.25) is 4.79 Å². The molecule has 0 fully saturated rings. The third kappa shape index (κ3) is 3.06. The fourth-order valence-electron chi connectivity index (χ4n) is 2.19. The average Bonchev–Trinajstić information content (AvgIpc) is 2.61. The number of carbonyl (C=O) groups is 1. The topological polar surface area (TPSA) is 73.3 Å². The van der Waals surface area contributed by atoms with Crippen LogP contribution in [-0.4, -0.2) is 30.3 Å². The molecule has 6 nitrogen and oxygen atoms in total. The lowest BCUT2D eigenvalue weighted by Crippen LogP contribution is -2.15. The zero-order valence-electron chi connectivity index (χ0n) is 12.7. The van der Waals surface area contributed by atoms with Crippen molar-refractivity contribution < 1.29 is 14.3 Å². The Kier molecular flexibility index (Phi) is 4.05. The lowest BCUT2D eigenvalue weighted by Gasteiger charge is -2.11. The van der Waals surface area contributed by atoms with E-state index in [9.17, 15) is 4.79 Å². The van der Waals surface area contributed by atoms with Crippen molar-refractivity contribution in [1.82, 2.24) is 10.2 Å². The minimum Gasteiger partial charge on any atom is -0.497 e. The highest BCUT2D eigenvalue weighted by atomic mass is 16.5. The maximum absolute atomic E-state index is 12.4. The molecule has 0 unspecified atom stereocenters. The van der Waals surface area contributed by atoms with Gasteiger partial charge in [0.2, 0.25) is 0 Å². The molecule has 0 atom stereocenters. The van der Waals surface area contributed by atoms with Gasteiger partial charge in [-0.25, -0.2) is 0 Å². The minimum absolute atomic E-state index is 0.230. The molecule has 0 radical (unpaired) electrons. The summed E-state index contributed by atoms with van der Waals surface area (Å²) in [5.41, 5.74) is 1.48. The first-order valence-corrected chi connectivity index (χ1v) is 6.97. The van der Waals surface area contributed by atoms with Crippen LogP contribution in [-0.2, 0) is 0 Å². The number of fused-ring (bicyclic) bond motifs is 1. The normalized spacial score (nSPS) is 10.3. The molecule has 0 aliphatic heterocycles. The summed E-state index contributed by atoms with van der Waals surface area (Å²) in [4.78, 5) is 12.4. The summed E-state index contributed by atoms with van der Waals surface area (Å²) in [5.74, 6) is 0.786. The van der Waals surface area contributed by atoms with Crippen LogP contribution in [0.3, 0.4) is 0 Å². The third-order valence-corrected chi connectivity index (χ3v) is 3.38. The summed E-state index contributed by atoms with van der Waals surface area (Å²) in [5, 5.41) is 11.6. The molecule has 3 aromatic rings. The Morgan fingerprint density at radius 2 is 1.83 bits per heavy atom. The van der Waals surface area contributed by atoms with Gasteiger partial charge in [0.1, 0.15) is 11.5 Å². The molecule has 0 bridgehead atoms. The Hall–Kier alpha value is -3.15. The van der Waals surface area contributed by atoms with Gasteiger partial charge in [0, 0.05) is 11.5 Å². The molecule has 0 aliphatic rings. The van der Waals surface area contributed by atoms with Crippen molar-refractivity contribution in [1.29, 1.82) is 0 Å². The summed E-state index contributed by atoms with van der Waals surface area (Å²) in [6.45, 7) is 0. The van der Waals surface area contributed by atoms with Crippen molar-refractivity contribution >= 4 is 22.5 Å². The van der Waals surface area contributed by atoms with Crippen LogP contribution in [0.4, 0.5) is 5.69 Å². The van der Waals surface area contributed by atoms with E-state index in [-0.39, 0.29) is 11.6 Å². The SMILES string of the molecule is COc1ccc(OC)c(NC(=O)c2cc3ccccc3nn2)c1. The second kappa shape index (κ2) is 6.31. The number of amides is 1. The van der Waals surface area contributed by atoms with Crippen molar-refractivity contribution in [2.45, 2.75) is 0 Å². The molecule has 1 heterocycles. The summed E-state index contributed by atoms with van der Waals surface area (Å²) in [7, 11) is 3.09. The van der Waals surface area contributed by atoms with E-state index in [1.165, 1.54) is 7.11 Å². The molecule has 1 N–H and O–H groups in total. The first-order valence-electron chi connectivity index (χ1n) is 6.97. The number of rotatable bonds is 4. The molecule has 0 saturated carbocycles. The van der Waals surface area contributed by atoms with Gasteiger partial charge in [-0.15, -0.1) is 10.2 Å². The van der Waals surface area contributed by atoms with Crippen LogP contribution in [0.1, 0.15) is 10.5 Å². The van der Waals surface area contributed by atoms with Crippen molar-refractivity contribution in [3.63, 3.8) is 0 Å². The molecule has 3 rings (SSSR count). The quantitative estimate of drug-likeness (QED) is 0.802. The molecule has 116 valence electrons. The first-order chi connectivity index (χ1) is 11.2. The number of nitrogens with one attached hydrogen (secondary N) is 1.